The maximum atomic E-state index is 12.6. The highest BCUT2D eigenvalue weighted by Gasteiger charge is 2.29. The van der Waals surface area contributed by atoms with Crippen LogP contribution in [0.2, 0.25) is 5.02 Å². The van der Waals surface area contributed by atoms with E-state index in [1.165, 1.54) is 0 Å². The first-order valence-electron chi connectivity index (χ1n) is 6.57. The van der Waals surface area contributed by atoms with Crippen LogP contribution in [0.4, 0.5) is 0 Å². The Balaban J connectivity index is 2.29. The molecule has 2 N–H and O–H groups in total. The largest absolute Gasteiger partial charge is 0.368 e. The van der Waals surface area contributed by atoms with Crippen LogP contribution in [-0.4, -0.2) is 29.3 Å². The summed E-state index contributed by atoms with van der Waals surface area (Å²) in [5, 5.41) is 0.361. The third-order valence-corrected chi connectivity index (χ3v) is 4.14. The van der Waals surface area contributed by atoms with Gasteiger partial charge in [0.15, 0.2) is 0 Å². The first-order chi connectivity index (χ1) is 9.49. The molecule has 1 aromatic carbocycles. The van der Waals surface area contributed by atoms with Gasteiger partial charge in [0.05, 0.1) is 17.1 Å². The van der Waals surface area contributed by atoms with Gasteiger partial charge in [0.2, 0.25) is 5.91 Å². The topological polar surface area (TPSA) is 63.4 Å². The number of thiol groups is 1. The van der Waals surface area contributed by atoms with Crippen LogP contribution < -0.4 is 5.73 Å². The summed E-state index contributed by atoms with van der Waals surface area (Å²) in [5.41, 5.74) is 5.63. The summed E-state index contributed by atoms with van der Waals surface area (Å²) in [6, 6.07) is 5.04. The second-order valence-electron chi connectivity index (χ2n) is 5.00. The lowest BCUT2D eigenvalue weighted by molar-refractivity contribution is -0.119. The van der Waals surface area contributed by atoms with Crippen LogP contribution in [0.15, 0.2) is 23.1 Å². The minimum Gasteiger partial charge on any atom is -0.368 e. The molecule has 1 fully saturated rings. The van der Waals surface area contributed by atoms with Crippen molar-refractivity contribution >= 4 is 36.0 Å². The fourth-order valence-electron chi connectivity index (χ4n) is 2.58. The Hall–Kier alpha value is -1.20. The van der Waals surface area contributed by atoms with E-state index in [-0.39, 0.29) is 18.5 Å². The first-order valence-corrected chi connectivity index (χ1v) is 7.39. The molecule has 6 heteroatoms. The van der Waals surface area contributed by atoms with Crippen LogP contribution in [0.1, 0.15) is 36.0 Å². The minimum atomic E-state index is -0.511. The maximum Gasteiger partial charge on any atom is 0.256 e. The van der Waals surface area contributed by atoms with Crippen molar-refractivity contribution in [2.45, 2.75) is 36.6 Å². The summed E-state index contributed by atoms with van der Waals surface area (Å²) < 4.78 is 0. The zero-order valence-corrected chi connectivity index (χ0v) is 12.7. The standard InChI is InChI=1S/C14H17ClN2O2S/c15-12-6-5-10(20)7-11(12)14(19)17(8-13(16)18)9-3-1-2-4-9/h5-7,9,20H,1-4,8H2,(H2,16,18). The number of nitrogens with zero attached hydrogens (tertiary/aromatic N) is 1. The normalized spacial score (nSPS) is 15.3. The van der Waals surface area contributed by atoms with Gasteiger partial charge in [-0.15, -0.1) is 12.6 Å². The Morgan fingerprint density at radius 3 is 2.60 bits per heavy atom. The highest BCUT2D eigenvalue weighted by molar-refractivity contribution is 7.80. The molecule has 0 saturated heterocycles. The summed E-state index contributed by atoms with van der Waals surface area (Å²) in [6.07, 6.45) is 3.93. The van der Waals surface area contributed by atoms with Gasteiger partial charge >= 0.3 is 0 Å². The van der Waals surface area contributed by atoms with Crippen LogP contribution in [0.5, 0.6) is 0 Å². The van der Waals surface area contributed by atoms with E-state index in [1.807, 2.05) is 0 Å². The smallest absolute Gasteiger partial charge is 0.256 e. The number of benzene rings is 1. The molecule has 2 rings (SSSR count). The van der Waals surface area contributed by atoms with Crippen molar-refractivity contribution < 1.29 is 9.59 Å². The lowest BCUT2D eigenvalue weighted by atomic mass is 10.1. The first kappa shape index (κ1) is 15.2. The highest BCUT2D eigenvalue weighted by atomic mass is 35.5. The molecule has 1 aromatic rings. The third-order valence-electron chi connectivity index (χ3n) is 3.53. The molecule has 0 bridgehead atoms. The molecule has 1 saturated carbocycles. The van der Waals surface area contributed by atoms with E-state index in [1.54, 1.807) is 23.1 Å². The molecule has 4 nitrogen and oxygen atoms in total. The van der Waals surface area contributed by atoms with Gasteiger partial charge in [-0.3, -0.25) is 9.59 Å². The molecular weight excluding hydrogens is 296 g/mol. The van der Waals surface area contributed by atoms with Crippen molar-refractivity contribution in [1.29, 1.82) is 0 Å². The molecule has 20 heavy (non-hydrogen) atoms. The fraction of sp³-hybridized carbons (Fsp3) is 0.429. The maximum absolute atomic E-state index is 12.6. The molecule has 2 amide bonds. The quantitative estimate of drug-likeness (QED) is 0.839. The van der Waals surface area contributed by atoms with Crippen LogP contribution in [0.3, 0.4) is 0 Å². The Morgan fingerprint density at radius 2 is 2.00 bits per heavy atom. The number of primary amides is 1. The summed E-state index contributed by atoms with van der Waals surface area (Å²) in [5.74, 6) is -0.764. The van der Waals surface area contributed by atoms with Gasteiger partial charge < -0.3 is 10.6 Å². The molecule has 1 aliphatic rings. The number of nitrogens with two attached hydrogens (primary N) is 1. The van der Waals surface area contributed by atoms with Gasteiger partial charge in [0.25, 0.3) is 5.91 Å². The monoisotopic (exact) mass is 312 g/mol. The van der Waals surface area contributed by atoms with E-state index < -0.39 is 5.91 Å². The predicted molar refractivity (Wildman–Crippen MR) is 81.2 cm³/mol. The van der Waals surface area contributed by atoms with Crippen LogP contribution in [0.25, 0.3) is 0 Å². The predicted octanol–water partition coefficient (Wildman–Crippen LogP) is 2.50. The Kier molecular flexibility index (Phi) is 4.94. The summed E-state index contributed by atoms with van der Waals surface area (Å²) in [7, 11) is 0. The molecule has 0 aromatic heterocycles. The average Bonchev–Trinajstić information content (AvgIpc) is 2.91. The number of rotatable bonds is 4. The minimum absolute atomic E-state index is 0.0645. The molecule has 0 aliphatic heterocycles. The molecule has 0 heterocycles. The van der Waals surface area contributed by atoms with Gasteiger partial charge in [0.1, 0.15) is 0 Å². The zero-order valence-electron chi connectivity index (χ0n) is 11.0. The Labute approximate surface area is 128 Å². The van der Waals surface area contributed by atoms with Crippen molar-refractivity contribution in [3.8, 4) is 0 Å². The molecule has 1 aliphatic carbocycles. The number of hydrogen-bond donors (Lipinski definition) is 2. The SMILES string of the molecule is NC(=O)CN(C(=O)c1cc(S)ccc1Cl)C1CCCC1. The van der Waals surface area contributed by atoms with Crippen molar-refractivity contribution in [3.63, 3.8) is 0 Å². The van der Waals surface area contributed by atoms with Crippen molar-refractivity contribution in [2.24, 2.45) is 5.73 Å². The molecule has 0 atom stereocenters. The second kappa shape index (κ2) is 6.50. The Morgan fingerprint density at radius 1 is 1.35 bits per heavy atom. The average molecular weight is 313 g/mol. The summed E-state index contributed by atoms with van der Waals surface area (Å²) in [6.45, 7) is -0.0728. The lowest BCUT2D eigenvalue weighted by Crippen LogP contribution is -2.44. The number of carbonyl (C=O) groups excluding carboxylic acids is 2. The number of carbonyl (C=O) groups is 2. The summed E-state index contributed by atoms with van der Waals surface area (Å²) >= 11 is 10.3. The fourth-order valence-corrected chi connectivity index (χ4v) is 2.98. The molecule has 108 valence electrons. The van der Waals surface area contributed by atoms with Crippen LogP contribution >= 0.6 is 24.2 Å². The van der Waals surface area contributed by atoms with E-state index in [4.69, 9.17) is 17.3 Å². The van der Waals surface area contributed by atoms with Crippen molar-refractivity contribution in [3.05, 3.63) is 28.8 Å². The van der Waals surface area contributed by atoms with Crippen LogP contribution in [-0.2, 0) is 4.79 Å². The van der Waals surface area contributed by atoms with E-state index in [0.29, 0.717) is 15.5 Å². The lowest BCUT2D eigenvalue weighted by Gasteiger charge is -2.28. The van der Waals surface area contributed by atoms with Gasteiger partial charge in [-0.25, -0.2) is 0 Å². The van der Waals surface area contributed by atoms with Gasteiger partial charge in [-0.05, 0) is 31.0 Å². The zero-order chi connectivity index (χ0) is 14.7. The number of halogens is 1. The van der Waals surface area contributed by atoms with Gasteiger partial charge in [-0.1, -0.05) is 24.4 Å². The van der Waals surface area contributed by atoms with E-state index in [0.717, 1.165) is 25.7 Å². The van der Waals surface area contributed by atoms with E-state index in [2.05, 4.69) is 12.6 Å². The molecule has 0 radical (unpaired) electrons. The van der Waals surface area contributed by atoms with E-state index in [9.17, 15) is 9.59 Å². The second-order valence-corrected chi connectivity index (χ2v) is 5.93. The number of amides is 2. The molecule has 0 unspecified atom stereocenters. The molecule has 0 spiro atoms. The highest BCUT2D eigenvalue weighted by Crippen LogP contribution is 2.27. The van der Waals surface area contributed by atoms with Crippen LogP contribution in [0, 0.1) is 0 Å². The van der Waals surface area contributed by atoms with E-state index >= 15 is 0 Å². The molecular formula is C14H17ClN2O2S. The third kappa shape index (κ3) is 3.46. The van der Waals surface area contributed by atoms with Gasteiger partial charge in [-0.2, -0.15) is 0 Å². The summed E-state index contributed by atoms with van der Waals surface area (Å²) in [4.78, 5) is 26.1. The van der Waals surface area contributed by atoms with Crippen molar-refractivity contribution in [2.75, 3.05) is 6.54 Å². The Bertz CT molecular complexity index is 530. The number of hydrogen-bond acceptors (Lipinski definition) is 3. The van der Waals surface area contributed by atoms with Gasteiger partial charge in [0, 0.05) is 10.9 Å². The van der Waals surface area contributed by atoms with Crippen molar-refractivity contribution in [1.82, 2.24) is 4.90 Å².